The number of fused-ring (bicyclic) bond motifs is 1. The van der Waals surface area contributed by atoms with Gasteiger partial charge in [0.15, 0.2) is 0 Å². The SMILES string of the molecule is CN(Cc1ccco1)CC1CN(C(N)=O)Cc2nccn2C1. The van der Waals surface area contributed by atoms with Gasteiger partial charge in [0.2, 0.25) is 0 Å². The van der Waals surface area contributed by atoms with Gasteiger partial charge in [-0.1, -0.05) is 0 Å². The Morgan fingerprint density at radius 1 is 1.55 bits per heavy atom. The van der Waals surface area contributed by atoms with Crippen LogP contribution in [-0.4, -0.2) is 45.5 Å². The van der Waals surface area contributed by atoms with Crippen LogP contribution < -0.4 is 5.73 Å². The van der Waals surface area contributed by atoms with Crippen LogP contribution in [0.3, 0.4) is 0 Å². The van der Waals surface area contributed by atoms with Gasteiger partial charge in [-0.3, -0.25) is 4.90 Å². The van der Waals surface area contributed by atoms with Gasteiger partial charge in [-0.25, -0.2) is 9.78 Å². The molecule has 1 unspecified atom stereocenters. The lowest BCUT2D eigenvalue weighted by Crippen LogP contribution is -2.40. The molecule has 1 aliphatic rings. The van der Waals surface area contributed by atoms with Crippen LogP contribution in [0, 0.1) is 5.92 Å². The van der Waals surface area contributed by atoms with Gasteiger partial charge in [0, 0.05) is 37.9 Å². The van der Waals surface area contributed by atoms with E-state index in [1.54, 1.807) is 17.4 Å². The second kappa shape index (κ2) is 6.23. The monoisotopic (exact) mass is 303 g/mol. The van der Waals surface area contributed by atoms with Crippen molar-refractivity contribution in [2.75, 3.05) is 20.1 Å². The summed E-state index contributed by atoms with van der Waals surface area (Å²) >= 11 is 0. The molecule has 0 bridgehead atoms. The summed E-state index contributed by atoms with van der Waals surface area (Å²) < 4.78 is 7.49. The number of hydrogen-bond donors (Lipinski definition) is 1. The molecule has 2 amide bonds. The Hall–Kier alpha value is -2.28. The zero-order chi connectivity index (χ0) is 15.5. The van der Waals surface area contributed by atoms with E-state index in [0.29, 0.717) is 19.0 Å². The highest BCUT2D eigenvalue weighted by Gasteiger charge is 2.25. The molecule has 1 aliphatic heterocycles. The van der Waals surface area contributed by atoms with Crippen molar-refractivity contribution in [2.24, 2.45) is 11.7 Å². The fraction of sp³-hybridized carbons (Fsp3) is 0.467. The lowest BCUT2D eigenvalue weighted by atomic mass is 10.1. The summed E-state index contributed by atoms with van der Waals surface area (Å²) in [6.45, 7) is 3.54. The molecule has 2 aromatic rings. The fourth-order valence-electron chi connectivity index (χ4n) is 3.00. The molecule has 2 N–H and O–H groups in total. The Morgan fingerprint density at radius 3 is 3.14 bits per heavy atom. The highest BCUT2D eigenvalue weighted by molar-refractivity contribution is 5.71. The van der Waals surface area contributed by atoms with Crippen molar-refractivity contribution in [3.63, 3.8) is 0 Å². The lowest BCUT2D eigenvalue weighted by molar-refractivity contribution is 0.177. The Kier molecular flexibility index (Phi) is 4.15. The minimum Gasteiger partial charge on any atom is -0.468 e. The van der Waals surface area contributed by atoms with E-state index >= 15 is 0 Å². The zero-order valence-corrected chi connectivity index (χ0v) is 12.7. The summed E-state index contributed by atoms with van der Waals surface area (Å²) in [5, 5.41) is 0. The number of primary amides is 1. The van der Waals surface area contributed by atoms with E-state index in [0.717, 1.165) is 31.2 Å². The van der Waals surface area contributed by atoms with Crippen LogP contribution in [0.25, 0.3) is 0 Å². The van der Waals surface area contributed by atoms with Crippen LogP contribution in [0.1, 0.15) is 11.6 Å². The number of carbonyl (C=O) groups excluding carboxylic acids is 1. The highest BCUT2D eigenvalue weighted by Crippen LogP contribution is 2.17. The Bertz CT molecular complexity index is 622. The molecule has 0 spiro atoms. The number of furan rings is 1. The van der Waals surface area contributed by atoms with Gasteiger partial charge in [-0.15, -0.1) is 0 Å². The predicted molar refractivity (Wildman–Crippen MR) is 80.8 cm³/mol. The quantitative estimate of drug-likeness (QED) is 0.917. The van der Waals surface area contributed by atoms with E-state index in [-0.39, 0.29) is 0 Å². The number of rotatable bonds is 4. The maximum atomic E-state index is 11.6. The average molecular weight is 303 g/mol. The molecule has 0 aromatic carbocycles. The Labute approximate surface area is 129 Å². The summed E-state index contributed by atoms with van der Waals surface area (Å²) in [4.78, 5) is 19.8. The van der Waals surface area contributed by atoms with Crippen LogP contribution >= 0.6 is 0 Å². The number of carbonyl (C=O) groups is 1. The van der Waals surface area contributed by atoms with Gasteiger partial charge in [0.05, 0.1) is 19.4 Å². The second-order valence-electron chi connectivity index (χ2n) is 5.86. The molecule has 2 aromatic heterocycles. The molecule has 1 atom stereocenters. The molecule has 7 nitrogen and oxygen atoms in total. The molecular weight excluding hydrogens is 282 g/mol. The van der Waals surface area contributed by atoms with Crippen molar-refractivity contribution in [3.8, 4) is 0 Å². The molecule has 0 saturated carbocycles. The van der Waals surface area contributed by atoms with Gasteiger partial charge in [-0.2, -0.15) is 0 Å². The van der Waals surface area contributed by atoms with Crippen molar-refractivity contribution in [2.45, 2.75) is 19.6 Å². The molecule has 0 saturated heterocycles. The number of aromatic nitrogens is 2. The first kappa shape index (κ1) is 14.6. The molecular formula is C15H21N5O2. The smallest absolute Gasteiger partial charge is 0.315 e. The number of nitrogens with zero attached hydrogens (tertiary/aromatic N) is 4. The Morgan fingerprint density at radius 2 is 2.41 bits per heavy atom. The van der Waals surface area contributed by atoms with Crippen LogP contribution in [0.4, 0.5) is 4.79 Å². The van der Waals surface area contributed by atoms with E-state index in [1.807, 2.05) is 18.3 Å². The molecule has 0 aliphatic carbocycles. The normalized spacial score (nSPS) is 18.3. The van der Waals surface area contributed by atoms with Crippen LogP contribution in [0.15, 0.2) is 35.2 Å². The summed E-state index contributed by atoms with van der Waals surface area (Å²) in [6.07, 6.45) is 5.41. The molecule has 7 heteroatoms. The van der Waals surface area contributed by atoms with Gasteiger partial charge in [0.25, 0.3) is 0 Å². The maximum Gasteiger partial charge on any atom is 0.315 e. The van der Waals surface area contributed by atoms with Crippen molar-refractivity contribution >= 4 is 6.03 Å². The van der Waals surface area contributed by atoms with Crippen LogP contribution in [0.2, 0.25) is 0 Å². The number of hydrogen-bond acceptors (Lipinski definition) is 4. The molecule has 22 heavy (non-hydrogen) atoms. The summed E-state index contributed by atoms with van der Waals surface area (Å²) in [6, 6.07) is 3.46. The van der Waals surface area contributed by atoms with Crippen LogP contribution in [-0.2, 0) is 19.6 Å². The van der Waals surface area contributed by atoms with Gasteiger partial charge in [0.1, 0.15) is 11.6 Å². The third-order valence-electron chi connectivity index (χ3n) is 3.95. The first-order valence-corrected chi connectivity index (χ1v) is 7.37. The Balaban J connectivity index is 1.68. The van der Waals surface area contributed by atoms with Crippen molar-refractivity contribution in [1.29, 1.82) is 0 Å². The first-order chi connectivity index (χ1) is 10.6. The maximum absolute atomic E-state index is 11.6. The molecule has 0 fully saturated rings. The third-order valence-corrected chi connectivity index (χ3v) is 3.95. The zero-order valence-electron chi connectivity index (χ0n) is 12.7. The van der Waals surface area contributed by atoms with E-state index < -0.39 is 6.03 Å². The number of urea groups is 1. The molecule has 3 rings (SSSR count). The van der Waals surface area contributed by atoms with Crippen LogP contribution in [0.5, 0.6) is 0 Å². The summed E-state index contributed by atoms with van der Waals surface area (Å²) in [5.41, 5.74) is 5.49. The molecule has 118 valence electrons. The van der Waals surface area contributed by atoms with E-state index in [2.05, 4.69) is 21.5 Å². The second-order valence-corrected chi connectivity index (χ2v) is 5.86. The first-order valence-electron chi connectivity index (χ1n) is 7.37. The highest BCUT2D eigenvalue weighted by atomic mass is 16.3. The summed E-state index contributed by atoms with van der Waals surface area (Å²) in [7, 11) is 2.05. The van der Waals surface area contributed by atoms with Gasteiger partial charge in [-0.05, 0) is 19.2 Å². The summed E-state index contributed by atoms with van der Waals surface area (Å²) in [5.74, 6) is 2.11. The number of amides is 2. The average Bonchev–Trinajstić information content (AvgIpc) is 3.07. The van der Waals surface area contributed by atoms with Gasteiger partial charge >= 0.3 is 6.03 Å². The predicted octanol–water partition coefficient (Wildman–Crippen LogP) is 1.12. The topological polar surface area (TPSA) is 80.5 Å². The third kappa shape index (κ3) is 3.30. The van der Waals surface area contributed by atoms with E-state index in [9.17, 15) is 4.79 Å². The standard InChI is InChI=1S/C15H21N5O2/c1-18(10-13-3-2-6-22-13)7-12-8-19-5-4-17-14(19)11-20(9-12)15(16)21/h2-6,12H,7-11H2,1H3,(H2,16,21). The largest absolute Gasteiger partial charge is 0.468 e. The lowest BCUT2D eigenvalue weighted by Gasteiger charge is -2.26. The van der Waals surface area contributed by atoms with Gasteiger partial charge < -0.3 is 19.6 Å². The van der Waals surface area contributed by atoms with Crippen molar-refractivity contribution < 1.29 is 9.21 Å². The minimum atomic E-state index is -0.393. The molecule has 0 radical (unpaired) electrons. The number of imidazole rings is 1. The minimum absolute atomic E-state index is 0.294. The van der Waals surface area contributed by atoms with Crippen molar-refractivity contribution in [1.82, 2.24) is 19.4 Å². The number of nitrogens with two attached hydrogens (primary N) is 1. The van der Waals surface area contributed by atoms with E-state index in [1.165, 1.54) is 0 Å². The molecule has 3 heterocycles. The van der Waals surface area contributed by atoms with E-state index in [4.69, 9.17) is 10.2 Å². The fourth-order valence-corrected chi connectivity index (χ4v) is 3.00. The van der Waals surface area contributed by atoms with Crippen molar-refractivity contribution in [3.05, 3.63) is 42.4 Å².